The maximum Gasteiger partial charge on any atom is 0.122 e. The van der Waals surface area contributed by atoms with E-state index in [1.54, 1.807) is 0 Å². The van der Waals surface area contributed by atoms with Crippen LogP contribution in [0.1, 0.15) is 48.1 Å². The smallest absolute Gasteiger partial charge is 0.122 e. The van der Waals surface area contributed by atoms with Crippen molar-refractivity contribution in [2.24, 2.45) is 5.92 Å². The van der Waals surface area contributed by atoms with Gasteiger partial charge in [-0.05, 0) is 85.0 Å². The van der Waals surface area contributed by atoms with Gasteiger partial charge < -0.3 is 15.4 Å². The lowest BCUT2D eigenvalue weighted by atomic mass is 10.1. The Morgan fingerprint density at radius 2 is 1.38 bits per heavy atom. The van der Waals surface area contributed by atoms with Gasteiger partial charge in [0.25, 0.3) is 0 Å². The molecule has 0 fully saturated rings. The SMILES string of the molecule is Cc1cc(C#Cc2ccc(Cl)cc2)ccc1OCCNCc1ccc(CNCCC(C)C)cc1. The fraction of sp³-hybridized carbons (Fsp3) is 0.333. The Bertz CT molecular complexity index is 1080. The van der Waals surface area contributed by atoms with E-state index in [9.17, 15) is 0 Å². The van der Waals surface area contributed by atoms with Gasteiger partial charge >= 0.3 is 0 Å². The van der Waals surface area contributed by atoms with Gasteiger partial charge in [0.15, 0.2) is 0 Å². The van der Waals surface area contributed by atoms with Crippen LogP contribution < -0.4 is 15.4 Å². The van der Waals surface area contributed by atoms with Crippen LogP contribution in [0.25, 0.3) is 0 Å². The molecule has 0 unspecified atom stereocenters. The molecule has 0 atom stereocenters. The normalized spacial score (nSPS) is 10.7. The van der Waals surface area contributed by atoms with Gasteiger partial charge in [-0.3, -0.25) is 0 Å². The van der Waals surface area contributed by atoms with Gasteiger partial charge in [-0.1, -0.05) is 61.6 Å². The average molecular weight is 475 g/mol. The molecule has 34 heavy (non-hydrogen) atoms. The van der Waals surface area contributed by atoms with Gasteiger partial charge in [-0.2, -0.15) is 0 Å². The van der Waals surface area contributed by atoms with Crippen LogP contribution in [0, 0.1) is 24.7 Å². The quantitative estimate of drug-likeness (QED) is 0.251. The van der Waals surface area contributed by atoms with Crippen molar-refractivity contribution < 1.29 is 4.74 Å². The van der Waals surface area contributed by atoms with Crippen molar-refractivity contribution >= 4 is 11.6 Å². The summed E-state index contributed by atoms with van der Waals surface area (Å²) in [6, 6.07) is 22.4. The number of halogens is 1. The average Bonchev–Trinajstić information content (AvgIpc) is 2.83. The predicted octanol–water partition coefficient (Wildman–Crippen LogP) is 6.35. The summed E-state index contributed by atoms with van der Waals surface area (Å²) in [7, 11) is 0. The van der Waals surface area contributed by atoms with E-state index in [2.05, 4.69) is 73.6 Å². The van der Waals surface area contributed by atoms with Crippen LogP contribution in [-0.4, -0.2) is 19.7 Å². The highest BCUT2D eigenvalue weighted by Crippen LogP contribution is 2.19. The van der Waals surface area contributed by atoms with Crippen molar-refractivity contribution in [3.05, 3.63) is 99.6 Å². The molecular weight excluding hydrogens is 440 g/mol. The second-order valence-corrected chi connectivity index (χ2v) is 9.37. The molecule has 0 amide bonds. The topological polar surface area (TPSA) is 33.3 Å². The molecule has 0 bridgehead atoms. The van der Waals surface area contributed by atoms with E-state index in [-0.39, 0.29) is 0 Å². The number of nitrogens with one attached hydrogen (secondary N) is 2. The third-order valence-electron chi connectivity index (χ3n) is 5.49. The molecule has 178 valence electrons. The van der Waals surface area contributed by atoms with E-state index in [0.717, 1.165) is 59.6 Å². The van der Waals surface area contributed by atoms with Crippen molar-refractivity contribution in [2.45, 2.75) is 40.3 Å². The third kappa shape index (κ3) is 9.23. The molecule has 0 aliphatic heterocycles. The molecule has 0 heterocycles. The molecule has 3 aromatic carbocycles. The molecule has 0 radical (unpaired) electrons. The maximum absolute atomic E-state index is 5.96. The van der Waals surface area contributed by atoms with Gasteiger partial charge in [0.2, 0.25) is 0 Å². The molecular formula is C30H35ClN2O. The molecule has 0 saturated carbocycles. The first-order valence-electron chi connectivity index (χ1n) is 12.0. The highest BCUT2D eigenvalue weighted by molar-refractivity contribution is 6.30. The number of hydrogen-bond donors (Lipinski definition) is 2. The summed E-state index contributed by atoms with van der Waals surface area (Å²) in [6.07, 6.45) is 1.21. The summed E-state index contributed by atoms with van der Waals surface area (Å²) >= 11 is 5.92. The van der Waals surface area contributed by atoms with E-state index in [1.807, 2.05) is 36.4 Å². The number of rotatable bonds is 11. The van der Waals surface area contributed by atoms with Gasteiger partial charge in [0.1, 0.15) is 12.4 Å². The zero-order valence-corrected chi connectivity index (χ0v) is 21.2. The molecule has 0 saturated heterocycles. The van der Waals surface area contributed by atoms with E-state index in [0.29, 0.717) is 6.61 Å². The van der Waals surface area contributed by atoms with E-state index >= 15 is 0 Å². The number of aryl methyl sites for hydroxylation is 1. The molecule has 3 rings (SSSR count). The molecule has 0 aliphatic rings. The van der Waals surface area contributed by atoms with E-state index < -0.39 is 0 Å². The van der Waals surface area contributed by atoms with Crippen molar-refractivity contribution in [2.75, 3.05) is 19.7 Å². The fourth-order valence-corrected chi connectivity index (χ4v) is 3.56. The Balaban J connectivity index is 1.36. The van der Waals surface area contributed by atoms with Crippen LogP contribution in [0.15, 0.2) is 66.7 Å². The zero-order chi connectivity index (χ0) is 24.2. The summed E-state index contributed by atoms with van der Waals surface area (Å²) in [5.74, 6) is 8.01. The Hall–Kier alpha value is -2.77. The molecule has 3 nitrogen and oxygen atoms in total. The van der Waals surface area contributed by atoms with Gasteiger partial charge in [-0.15, -0.1) is 0 Å². The molecule has 0 aromatic heterocycles. The Labute approximate surface area is 209 Å². The first kappa shape index (κ1) is 25.8. The lowest BCUT2D eigenvalue weighted by molar-refractivity contribution is 0.311. The van der Waals surface area contributed by atoms with Crippen molar-refractivity contribution in [1.82, 2.24) is 10.6 Å². The number of ether oxygens (including phenoxy) is 1. The van der Waals surface area contributed by atoms with Gasteiger partial charge in [0.05, 0.1) is 0 Å². The number of hydrogen-bond acceptors (Lipinski definition) is 3. The largest absolute Gasteiger partial charge is 0.492 e. The molecule has 3 aromatic rings. The summed E-state index contributed by atoms with van der Waals surface area (Å²) in [5.41, 5.74) is 5.61. The number of benzene rings is 3. The van der Waals surface area contributed by atoms with Crippen LogP contribution in [0.2, 0.25) is 5.02 Å². The molecule has 0 spiro atoms. The highest BCUT2D eigenvalue weighted by atomic mass is 35.5. The Morgan fingerprint density at radius 3 is 2.00 bits per heavy atom. The standard InChI is InChI=1S/C30H35ClN2O/c1-23(2)16-17-32-21-27-6-8-28(9-7-27)22-33-18-19-34-30-15-12-26(20-24(30)3)5-4-25-10-13-29(31)14-11-25/h6-15,20,23,32-33H,16-19,21-22H2,1-3H3. The highest BCUT2D eigenvalue weighted by Gasteiger charge is 2.01. The Kier molecular flexibility index (Phi) is 10.5. The maximum atomic E-state index is 5.96. The molecule has 2 N–H and O–H groups in total. The van der Waals surface area contributed by atoms with E-state index in [1.165, 1.54) is 17.5 Å². The molecule has 0 aliphatic carbocycles. The summed E-state index contributed by atoms with van der Waals surface area (Å²) < 4.78 is 5.96. The summed E-state index contributed by atoms with van der Waals surface area (Å²) in [4.78, 5) is 0. The zero-order valence-electron chi connectivity index (χ0n) is 20.5. The summed E-state index contributed by atoms with van der Waals surface area (Å²) in [6.45, 7) is 10.8. The van der Waals surface area contributed by atoms with Crippen molar-refractivity contribution in [3.8, 4) is 17.6 Å². The molecule has 4 heteroatoms. The first-order valence-corrected chi connectivity index (χ1v) is 12.4. The van der Waals surface area contributed by atoms with Gasteiger partial charge in [0, 0.05) is 35.8 Å². The summed E-state index contributed by atoms with van der Waals surface area (Å²) in [5, 5.41) is 7.68. The first-order chi connectivity index (χ1) is 16.5. The van der Waals surface area contributed by atoms with Crippen molar-refractivity contribution in [3.63, 3.8) is 0 Å². The van der Waals surface area contributed by atoms with Crippen molar-refractivity contribution in [1.29, 1.82) is 0 Å². The lowest BCUT2D eigenvalue weighted by Gasteiger charge is -2.11. The minimum atomic E-state index is 0.620. The van der Waals surface area contributed by atoms with Gasteiger partial charge in [-0.25, -0.2) is 0 Å². The second-order valence-electron chi connectivity index (χ2n) is 8.94. The predicted molar refractivity (Wildman–Crippen MR) is 143 cm³/mol. The third-order valence-corrected chi connectivity index (χ3v) is 5.74. The monoisotopic (exact) mass is 474 g/mol. The van der Waals surface area contributed by atoms with Crippen LogP contribution in [-0.2, 0) is 13.1 Å². The Morgan fingerprint density at radius 1 is 0.794 bits per heavy atom. The minimum absolute atomic E-state index is 0.620. The van der Waals surface area contributed by atoms with Crippen LogP contribution in [0.5, 0.6) is 5.75 Å². The van der Waals surface area contributed by atoms with Crippen LogP contribution in [0.3, 0.4) is 0 Å². The van der Waals surface area contributed by atoms with Crippen LogP contribution >= 0.6 is 11.6 Å². The fourth-order valence-electron chi connectivity index (χ4n) is 3.43. The van der Waals surface area contributed by atoms with E-state index in [4.69, 9.17) is 16.3 Å². The van der Waals surface area contributed by atoms with Crippen LogP contribution in [0.4, 0.5) is 0 Å². The lowest BCUT2D eigenvalue weighted by Crippen LogP contribution is -2.21. The second kappa shape index (κ2) is 13.8. The minimum Gasteiger partial charge on any atom is -0.492 e.